The van der Waals surface area contributed by atoms with Gasteiger partial charge in [0.1, 0.15) is 0 Å². The quantitative estimate of drug-likeness (QED) is 0.826. The van der Waals surface area contributed by atoms with Gasteiger partial charge in [-0.05, 0) is 24.1 Å². The van der Waals surface area contributed by atoms with E-state index in [0.29, 0.717) is 17.9 Å². The molecule has 1 fully saturated rings. The molecule has 1 saturated carbocycles. The maximum absolute atomic E-state index is 12.0. The van der Waals surface area contributed by atoms with E-state index in [0.717, 1.165) is 5.56 Å². The van der Waals surface area contributed by atoms with Crippen LogP contribution in [0.4, 0.5) is 0 Å². The number of hydrogen-bond donors (Lipinski definition) is 2. The molecule has 0 bridgehead atoms. The van der Waals surface area contributed by atoms with Crippen LogP contribution in [-0.4, -0.2) is 23.2 Å². The highest BCUT2D eigenvalue weighted by atomic mass is 35.5. The van der Waals surface area contributed by atoms with Gasteiger partial charge in [-0.3, -0.25) is 4.79 Å². The molecule has 1 aromatic rings. The molecule has 4 heteroatoms. The predicted molar refractivity (Wildman–Crippen MR) is 71.7 cm³/mol. The molecule has 2 atom stereocenters. The molecule has 0 aliphatic heterocycles. The molecule has 2 unspecified atom stereocenters. The summed E-state index contributed by atoms with van der Waals surface area (Å²) >= 11 is 5.70. The zero-order valence-corrected chi connectivity index (χ0v) is 11.4. The molecule has 0 saturated heterocycles. The topological polar surface area (TPSA) is 49.3 Å². The summed E-state index contributed by atoms with van der Waals surface area (Å²) in [7, 11) is 0. The summed E-state index contributed by atoms with van der Waals surface area (Å²) in [5, 5.41) is 12.6. The largest absolute Gasteiger partial charge is 0.392 e. The zero-order valence-electron chi connectivity index (χ0n) is 10.6. The van der Waals surface area contributed by atoms with Crippen molar-refractivity contribution in [2.45, 2.75) is 38.3 Å². The number of amides is 1. The molecule has 1 aliphatic carbocycles. The molecule has 0 heterocycles. The van der Waals surface area contributed by atoms with Gasteiger partial charge in [0.2, 0.25) is 0 Å². The van der Waals surface area contributed by atoms with E-state index in [9.17, 15) is 9.90 Å². The Hall–Kier alpha value is -1.06. The predicted octanol–water partition coefficient (Wildman–Crippen LogP) is 2.31. The third-order valence-corrected chi connectivity index (χ3v) is 4.20. The summed E-state index contributed by atoms with van der Waals surface area (Å²) in [5.74, 6) is 0.352. The maximum atomic E-state index is 12.0. The van der Waals surface area contributed by atoms with Crippen LogP contribution in [0.25, 0.3) is 0 Å². The lowest BCUT2D eigenvalue weighted by atomic mass is 9.64. The lowest BCUT2D eigenvalue weighted by Gasteiger charge is -2.49. The van der Waals surface area contributed by atoms with Crippen LogP contribution in [0.15, 0.2) is 24.3 Å². The van der Waals surface area contributed by atoms with Gasteiger partial charge in [0.15, 0.2) is 0 Å². The van der Waals surface area contributed by atoms with E-state index in [1.54, 1.807) is 12.1 Å². The Labute approximate surface area is 112 Å². The summed E-state index contributed by atoms with van der Waals surface area (Å²) in [6.07, 6.45) is 0.292. The van der Waals surface area contributed by atoms with Crippen LogP contribution in [0.1, 0.15) is 36.2 Å². The maximum Gasteiger partial charge on any atom is 0.251 e. The average molecular weight is 268 g/mol. The Morgan fingerprint density at radius 2 is 2.06 bits per heavy atom. The van der Waals surface area contributed by atoms with E-state index in [2.05, 4.69) is 5.32 Å². The van der Waals surface area contributed by atoms with Gasteiger partial charge in [-0.2, -0.15) is 0 Å². The highest BCUT2D eigenvalue weighted by molar-refractivity contribution is 6.17. The molecule has 2 N–H and O–H groups in total. The van der Waals surface area contributed by atoms with E-state index < -0.39 is 0 Å². The SMILES string of the molecule is CC1(C)C(O)CC1NC(=O)c1ccc(CCl)cc1. The first-order chi connectivity index (χ1) is 8.45. The van der Waals surface area contributed by atoms with Crippen molar-refractivity contribution in [3.8, 4) is 0 Å². The van der Waals surface area contributed by atoms with Gasteiger partial charge in [0.05, 0.1) is 6.10 Å². The van der Waals surface area contributed by atoms with Crippen LogP contribution in [0.5, 0.6) is 0 Å². The monoisotopic (exact) mass is 267 g/mol. The van der Waals surface area contributed by atoms with E-state index in [4.69, 9.17) is 11.6 Å². The van der Waals surface area contributed by atoms with Crippen LogP contribution in [0.3, 0.4) is 0 Å². The average Bonchev–Trinajstić information content (AvgIpc) is 2.38. The molecule has 2 rings (SSSR count). The number of aliphatic hydroxyl groups is 1. The van der Waals surface area contributed by atoms with Gasteiger partial charge >= 0.3 is 0 Å². The van der Waals surface area contributed by atoms with Crippen LogP contribution >= 0.6 is 11.6 Å². The minimum atomic E-state index is -0.332. The number of alkyl halides is 1. The van der Waals surface area contributed by atoms with Crippen LogP contribution in [0.2, 0.25) is 0 Å². The fraction of sp³-hybridized carbons (Fsp3) is 0.500. The van der Waals surface area contributed by atoms with E-state index in [-0.39, 0.29) is 23.5 Å². The summed E-state index contributed by atoms with van der Waals surface area (Å²) < 4.78 is 0. The first kappa shape index (κ1) is 13.4. The van der Waals surface area contributed by atoms with E-state index in [1.807, 2.05) is 26.0 Å². The molecular weight excluding hydrogens is 250 g/mol. The highest BCUT2D eigenvalue weighted by Crippen LogP contribution is 2.40. The second kappa shape index (κ2) is 4.90. The lowest BCUT2D eigenvalue weighted by molar-refractivity contribution is -0.0689. The molecule has 0 aromatic heterocycles. The Morgan fingerprint density at radius 1 is 1.44 bits per heavy atom. The number of halogens is 1. The number of nitrogens with one attached hydrogen (secondary N) is 1. The van der Waals surface area contributed by atoms with Crippen molar-refractivity contribution in [3.05, 3.63) is 35.4 Å². The van der Waals surface area contributed by atoms with Crippen LogP contribution in [0, 0.1) is 5.41 Å². The number of hydrogen-bond acceptors (Lipinski definition) is 2. The van der Waals surface area contributed by atoms with Crippen molar-refractivity contribution >= 4 is 17.5 Å². The Balaban J connectivity index is 2.00. The molecule has 18 heavy (non-hydrogen) atoms. The number of carbonyl (C=O) groups is 1. The minimum absolute atomic E-state index is 0.0349. The molecule has 0 radical (unpaired) electrons. The molecular formula is C14H18ClNO2. The third kappa shape index (κ3) is 2.38. The Morgan fingerprint density at radius 3 is 2.50 bits per heavy atom. The molecule has 98 valence electrons. The summed E-state index contributed by atoms with van der Waals surface area (Å²) in [5.41, 5.74) is 1.37. The molecule has 1 amide bonds. The zero-order chi connectivity index (χ0) is 13.3. The molecule has 3 nitrogen and oxygen atoms in total. The smallest absolute Gasteiger partial charge is 0.251 e. The van der Waals surface area contributed by atoms with Gasteiger partial charge < -0.3 is 10.4 Å². The first-order valence-corrected chi connectivity index (χ1v) is 6.62. The number of aliphatic hydroxyl groups excluding tert-OH is 1. The fourth-order valence-corrected chi connectivity index (χ4v) is 2.31. The Kier molecular flexibility index (Phi) is 3.64. The minimum Gasteiger partial charge on any atom is -0.392 e. The summed E-state index contributed by atoms with van der Waals surface area (Å²) in [4.78, 5) is 12.0. The first-order valence-electron chi connectivity index (χ1n) is 6.09. The molecule has 1 aromatic carbocycles. The lowest BCUT2D eigenvalue weighted by Crippen LogP contribution is -2.61. The number of carbonyl (C=O) groups excluding carboxylic acids is 1. The van der Waals surface area contributed by atoms with Crippen molar-refractivity contribution in [3.63, 3.8) is 0 Å². The van der Waals surface area contributed by atoms with E-state index >= 15 is 0 Å². The van der Waals surface area contributed by atoms with E-state index in [1.165, 1.54) is 0 Å². The standard InChI is InChI=1S/C14H18ClNO2/c1-14(2)11(7-12(14)17)16-13(18)10-5-3-9(8-15)4-6-10/h3-6,11-12,17H,7-8H2,1-2H3,(H,16,18). The van der Waals surface area contributed by atoms with Gasteiger partial charge in [0.25, 0.3) is 5.91 Å². The Bertz CT molecular complexity index is 442. The normalized spacial score (nSPS) is 25.3. The van der Waals surface area contributed by atoms with Gasteiger partial charge in [0, 0.05) is 22.9 Å². The van der Waals surface area contributed by atoms with Gasteiger partial charge in [-0.25, -0.2) is 0 Å². The van der Waals surface area contributed by atoms with Gasteiger partial charge in [-0.15, -0.1) is 11.6 Å². The highest BCUT2D eigenvalue weighted by Gasteiger charge is 2.47. The molecule has 0 spiro atoms. The van der Waals surface area contributed by atoms with Crippen LogP contribution in [-0.2, 0) is 5.88 Å². The van der Waals surface area contributed by atoms with Crippen molar-refractivity contribution < 1.29 is 9.90 Å². The summed E-state index contributed by atoms with van der Waals surface area (Å²) in [6.45, 7) is 3.92. The van der Waals surface area contributed by atoms with Crippen molar-refractivity contribution in [2.75, 3.05) is 0 Å². The third-order valence-electron chi connectivity index (χ3n) is 3.89. The molecule has 1 aliphatic rings. The summed E-state index contributed by atoms with van der Waals surface area (Å²) in [6, 6.07) is 7.28. The van der Waals surface area contributed by atoms with Crippen molar-refractivity contribution in [1.29, 1.82) is 0 Å². The van der Waals surface area contributed by atoms with Crippen molar-refractivity contribution in [1.82, 2.24) is 5.32 Å². The van der Waals surface area contributed by atoms with Crippen molar-refractivity contribution in [2.24, 2.45) is 5.41 Å². The fourth-order valence-electron chi connectivity index (χ4n) is 2.13. The number of rotatable bonds is 3. The number of benzene rings is 1. The van der Waals surface area contributed by atoms with Crippen LogP contribution < -0.4 is 5.32 Å². The van der Waals surface area contributed by atoms with Gasteiger partial charge in [-0.1, -0.05) is 26.0 Å². The second-order valence-electron chi connectivity index (χ2n) is 5.43. The second-order valence-corrected chi connectivity index (χ2v) is 5.70.